The predicted octanol–water partition coefficient (Wildman–Crippen LogP) is 20.9. The van der Waals surface area contributed by atoms with Crippen LogP contribution >= 0.6 is 113 Å². The molecular formula is C71H68O8S10. The summed E-state index contributed by atoms with van der Waals surface area (Å²) >= 11 is 16.8. The Morgan fingerprint density at radius 3 is 0.888 bits per heavy atom. The molecule has 0 bridgehead atoms. The molecule has 0 saturated heterocycles. The van der Waals surface area contributed by atoms with Crippen molar-refractivity contribution >= 4 is 137 Å². The molecule has 0 N–H and O–H groups in total. The molecule has 0 aromatic carbocycles. The Hall–Kier alpha value is -6.16. The molecule has 10 aromatic rings. The zero-order valence-corrected chi connectivity index (χ0v) is 56.2. The van der Waals surface area contributed by atoms with Crippen molar-refractivity contribution in [1.29, 1.82) is 0 Å². The van der Waals surface area contributed by atoms with Gasteiger partial charge >= 0.3 is 23.9 Å². The second kappa shape index (κ2) is 31.7. The van der Waals surface area contributed by atoms with E-state index in [2.05, 4.69) is 96.4 Å². The van der Waals surface area contributed by atoms with Crippen LogP contribution in [0.25, 0.3) is 58.5 Å². The summed E-state index contributed by atoms with van der Waals surface area (Å²) in [6, 6.07) is 33.0. The molecule has 2 saturated carbocycles. The van der Waals surface area contributed by atoms with Gasteiger partial charge in [-0.1, -0.05) is 68.1 Å². The van der Waals surface area contributed by atoms with Gasteiger partial charge in [-0.2, -0.15) is 0 Å². The molecule has 12 rings (SSSR count). The van der Waals surface area contributed by atoms with E-state index in [1.54, 1.807) is 113 Å². The Morgan fingerprint density at radius 1 is 0.348 bits per heavy atom. The van der Waals surface area contributed by atoms with Crippen molar-refractivity contribution in [3.63, 3.8) is 0 Å². The molecule has 0 amide bonds. The number of thiophene rings is 10. The molecule has 0 aliphatic heterocycles. The van der Waals surface area contributed by atoms with Crippen LogP contribution in [-0.4, -0.2) is 50.3 Å². The minimum absolute atomic E-state index is 0. The second-order valence-corrected chi connectivity index (χ2v) is 31.1. The minimum Gasteiger partial charge on any atom is -0.465 e. The molecule has 0 spiro atoms. The fourth-order valence-electron chi connectivity index (χ4n) is 11.9. The molecular weight excluding hydrogens is 1300 g/mol. The van der Waals surface area contributed by atoms with Gasteiger partial charge in [0.05, 0.1) is 52.1 Å². The predicted molar refractivity (Wildman–Crippen MR) is 380 cm³/mol. The van der Waals surface area contributed by atoms with E-state index >= 15 is 0 Å². The molecule has 460 valence electrons. The topological polar surface area (TPSA) is 105 Å². The van der Waals surface area contributed by atoms with E-state index in [4.69, 9.17) is 18.9 Å². The third-order valence-electron chi connectivity index (χ3n) is 16.3. The van der Waals surface area contributed by atoms with Crippen LogP contribution in [0.2, 0.25) is 0 Å². The highest BCUT2D eigenvalue weighted by molar-refractivity contribution is 7.27. The lowest BCUT2D eigenvalue weighted by atomic mass is 9.88. The summed E-state index contributed by atoms with van der Waals surface area (Å²) in [5.41, 5.74) is 3.95. The first-order chi connectivity index (χ1) is 43.1. The normalized spacial score (nSPS) is 19.3. The van der Waals surface area contributed by atoms with Gasteiger partial charge in [-0.3, -0.25) is 19.2 Å². The van der Waals surface area contributed by atoms with Crippen LogP contribution in [0.3, 0.4) is 0 Å². The number of ether oxygens (including phenoxy) is 4. The highest BCUT2D eigenvalue weighted by Gasteiger charge is 2.43. The Bertz CT molecular complexity index is 3640. The number of allylic oxidation sites excluding steroid dienone is 4. The van der Waals surface area contributed by atoms with E-state index in [-0.39, 0.29) is 131 Å². The van der Waals surface area contributed by atoms with Gasteiger partial charge in [0.25, 0.3) is 0 Å². The smallest absolute Gasteiger partial charge is 0.310 e. The number of esters is 4. The lowest BCUT2D eigenvalue weighted by Gasteiger charge is -2.24. The summed E-state index contributed by atoms with van der Waals surface area (Å²) in [5.74, 6) is -0.429. The average molecular weight is 1370 g/mol. The van der Waals surface area contributed by atoms with Gasteiger partial charge in [0.2, 0.25) is 0 Å². The first kappa shape index (κ1) is 65.8. The summed E-state index contributed by atoms with van der Waals surface area (Å²) in [6.07, 6.45) is 10.3. The van der Waals surface area contributed by atoms with Crippen LogP contribution in [-0.2, 0) is 63.8 Å². The van der Waals surface area contributed by atoms with Crippen molar-refractivity contribution in [2.24, 2.45) is 47.3 Å². The standard InChI is InChI=1S/C39H34O4S6.C31H30O4S4.CH4/c1-3-24-17-25(4-2)29(23-43-37(41)21-27-19-35(31-10-6-14-45-31)49-39(27)33-12-8-16-47-33)28(24)22-42-36(40)20-26-18-34(30-9-5-13-44-30)48-38(26)32-11-7-15-46-32;1-3-20-15-21(4-2)25(19-35-29(33)17-23-10-14-39-31(23)27-8-6-12-37-27)24(20)18-34-28(32)16-22-9-13-38-30(22)26-7-5-11-36-26;/h3-16,18-19,24-25,28-29H,1-2,17,20-23H2;3-14,20-21,24-25H,1-2,15-19H2;1H4. The van der Waals surface area contributed by atoms with Gasteiger partial charge in [-0.15, -0.1) is 140 Å². The Morgan fingerprint density at radius 2 is 0.618 bits per heavy atom. The quantitative estimate of drug-likeness (QED) is 0.0300. The third kappa shape index (κ3) is 16.1. The van der Waals surface area contributed by atoms with Crippen LogP contribution in [0.4, 0.5) is 0 Å². The molecule has 0 radical (unpaired) electrons. The van der Waals surface area contributed by atoms with Gasteiger partial charge in [-0.25, -0.2) is 0 Å². The lowest BCUT2D eigenvalue weighted by Crippen LogP contribution is -2.28. The minimum atomic E-state index is -0.256. The SMILES string of the molecule is C.C=CC1CC(C=C)C(COC(=O)Cc2cc(-c3cccs3)sc2-c2cccs2)C1COC(=O)Cc1cc(-c2cccs2)sc1-c1cccs1.C=CC1CC(C=C)C(COC(=O)Cc2ccsc2-c2cccs2)C1COC(=O)Cc1ccsc1-c1cccs1. The van der Waals surface area contributed by atoms with Crippen molar-refractivity contribution in [3.05, 3.63) is 213 Å². The fourth-order valence-corrected chi connectivity index (χ4v) is 21.3. The van der Waals surface area contributed by atoms with E-state index in [0.29, 0.717) is 0 Å². The number of rotatable bonds is 26. The summed E-state index contributed by atoms with van der Waals surface area (Å²) in [4.78, 5) is 66.3. The summed E-state index contributed by atoms with van der Waals surface area (Å²) in [7, 11) is 0. The highest BCUT2D eigenvalue weighted by Crippen LogP contribution is 2.47. The van der Waals surface area contributed by atoms with E-state index in [1.807, 2.05) is 94.4 Å². The van der Waals surface area contributed by atoms with Crippen LogP contribution < -0.4 is 0 Å². The van der Waals surface area contributed by atoms with Crippen LogP contribution in [0, 0.1) is 47.3 Å². The van der Waals surface area contributed by atoms with Crippen molar-refractivity contribution in [3.8, 4) is 58.5 Å². The third-order valence-corrected chi connectivity index (χ3v) is 26.9. The van der Waals surface area contributed by atoms with E-state index in [0.717, 1.165) is 83.9 Å². The van der Waals surface area contributed by atoms with E-state index in [1.165, 1.54) is 9.75 Å². The summed E-state index contributed by atoms with van der Waals surface area (Å²) < 4.78 is 23.7. The van der Waals surface area contributed by atoms with Gasteiger partial charge in [0.1, 0.15) is 0 Å². The molecule has 89 heavy (non-hydrogen) atoms. The number of hydrogen-bond acceptors (Lipinski definition) is 18. The van der Waals surface area contributed by atoms with Crippen molar-refractivity contribution in [2.75, 3.05) is 26.4 Å². The average Bonchev–Trinajstić information content (AvgIpc) is 2.36. The van der Waals surface area contributed by atoms with Crippen molar-refractivity contribution in [1.82, 2.24) is 0 Å². The Balaban J connectivity index is 0.000000199. The van der Waals surface area contributed by atoms with Crippen LogP contribution in [0.15, 0.2) is 191 Å². The van der Waals surface area contributed by atoms with Gasteiger partial charge in [0, 0.05) is 82.2 Å². The molecule has 10 heterocycles. The molecule has 8 unspecified atom stereocenters. The molecule has 8 atom stereocenters. The largest absolute Gasteiger partial charge is 0.465 e. The zero-order valence-electron chi connectivity index (χ0n) is 48.0. The Labute approximate surface area is 561 Å². The molecule has 18 heteroatoms. The fraction of sp³-hybridized carbons (Fsp3) is 0.268. The first-order valence-electron chi connectivity index (χ1n) is 28.8. The molecule has 8 nitrogen and oxygen atoms in total. The van der Waals surface area contributed by atoms with Crippen LogP contribution in [0.5, 0.6) is 0 Å². The zero-order chi connectivity index (χ0) is 60.9. The van der Waals surface area contributed by atoms with Gasteiger partial charge < -0.3 is 18.9 Å². The second-order valence-electron chi connectivity index (χ2n) is 21.5. The van der Waals surface area contributed by atoms with Crippen molar-refractivity contribution in [2.45, 2.75) is 46.0 Å². The molecule has 10 aromatic heterocycles. The number of carbonyl (C=O) groups is 4. The van der Waals surface area contributed by atoms with E-state index in [9.17, 15) is 19.2 Å². The Kier molecular flexibility index (Phi) is 23.4. The lowest BCUT2D eigenvalue weighted by molar-refractivity contribution is -0.149. The summed E-state index contributed by atoms with van der Waals surface area (Å²) in [5, 5.41) is 16.4. The monoisotopic (exact) mass is 1370 g/mol. The summed E-state index contributed by atoms with van der Waals surface area (Å²) in [6.45, 7) is 17.3. The molecule has 2 aliphatic carbocycles. The maximum atomic E-state index is 13.4. The number of carbonyl (C=O) groups excluding carboxylic acids is 4. The molecule has 2 fully saturated rings. The molecule has 2 aliphatic rings. The number of hydrogen-bond donors (Lipinski definition) is 0. The van der Waals surface area contributed by atoms with Gasteiger partial charge in [0.15, 0.2) is 0 Å². The first-order valence-corrected chi connectivity index (χ1v) is 37.5. The maximum Gasteiger partial charge on any atom is 0.310 e. The van der Waals surface area contributed by atoms with Gasteiger partial charge in [-0.05, 0) is 162 Å². The maximum absolute atomic E-state index is 13.4. The van der Waals surface area contributed by atoms with Crippen LogP contribution in [0.1, 0.15) is 42.5 Å². The van der Waals surface area contributed by atoms with Crippen molar-refractivity contribution < 1.29 is 38.1 Å². The highest BCUT2D eigenvalue weighted by atomic mass is 32.1. The van der Waals surface area contributed by atoms with E-state index < -0.39 is 0 Å².